The van der Waals surface area contributed by atoms with E-state index in [9.17, 15) is 88.8 Å². The molecule has 19 rings (SSSR count). The van der Waals surface area contributed by atoms with Crippen LogP contribution in [0.4, 0.5) is 0 Å². The highest BCUT2D eigenvalue weighted by molar-refractivity contribution is 7.17. The summed E-state index contributed by atoms with van der Waals surface area (Å²) in [4.78, 5) is 127. The van der Waals surface area contributed by atoms with Crippen LogP contribution >= 0.6 is 34.0 Å². The molecule has 1 aliphatic heterocycles. The van der Waals surface area contributed by atoms with Crippen molar-refractivity contribution in [2.24, 2.45) is 0 Å². The summed E-state index contributed by atoms with van der Waals surface area (Å²) in [5.74, 6) is -18.5. The quantitative estimate of drug-likeness (QED) is 0.0599. The molecule has 1 unspecified atom stereocenters. The summed E-state index contributed by atoms with van der Waals surface area (Å²) in [6, 6.07) is 63.1. The summed E-state index contributed by atoms with van der Waals surface area (Å²) >= 11 is 4.45. The van der Waals surface area contributed by atoms with Crippen LogP contribution in [0.1, 0.15) is 127 Å². The first kappa shape index (κ1) is 70.9. The minimum Gasteiger partial charge on any atom is -0.484 e. The number of hydrogen-bond donors (Lipinski definition) is 8. The first-order chi connectivity index (χ1) is 50.8. The van der Waals surface area contributed by atoms with E-state index in [1.165, 1.54) is 82.5 Å². The van der Waals surface area contributed by atoms with E-state index in [1.54, 1.807) is 30.6 Å². The van der Waals surface area contributed by atoms with Gasteiger partial charge in [0.1, 0.15) is 23.2 Å². The first-order valence-electron chi connectivity index (χ1n) is 32.2. The molecule has 5 aromatic heterocycles. The highest BCUT2D eigenvalue weighted by Crippen LogP contribution is 2.42. The molecule has 522 valence electrons. The zero-order valence-corrected chi connectivity index (χ0v) is 57.1. The molecule has 13 aromatic rings. The number of thiophene rings is 3. The number of fused-ring (bicyclic) bond motifs is 11. The van der Waals surface area contributed by atoms with Crippen LogP contribution < -0.4 is 4.74 Å². The van der Waals surface area contributed by atoms with Gasteiger partial charge < -0.3 is 45.6 Å². The van der Waals surface area contributed by atoms with E-state index in [0.717, 1.165) is 76.0 Å². The summed E-state index contributed by atoms with van der Waals surface area (Å²) in [5.41, 5.74) is 9.19. The topological polar surface area (TPSA) is 368 Å². The molecule has 24 heteroatoms. The molecular weight excluding hydrogens is 1410 g/mol. The van der Waals surface area contributed by atoms with E-state index < -0.39 is 69.4 Å². The van der Waals surface area contributed by atoms with Crippen LogP contribution in [0.3, 0.4) is 0 Å². The minimum atomic E-state index is -2.92. The van der Waals surface area contributed by atoms with Gasteiger partial charge in [-0.15, -0.1) is 22.7 Å². The molecular formula is C82H52N2O19S3. The second-order valence-electron chi connectivity index (χ2n) is 24.8. The van der Waals surface area contributed by atoms with Crippen LogP contribution in [0.2, 0.25) is 0 Å². The van der Waals surface area contributed by atoms with Crippen LogP contribution in [0, 0.1) is 0 Å². The first-order valence-corrected chi connectivity index (χ1v) is 34.9. The van der Waals surface area contributed by atoms with Gasteiger partial charge in [0, 0.05) is 83.0 Å². The largest absolute Gasteiger partial charge is 0.484 e. The predicted octanol–water partition coefficient (Wildman–Crippen LogP) is 11.6. The van der Waals surface area contributed by atoms with Crippen molar-refractivity contribution in [2.45, 2.75) is 35.7 Å². The normalized spacial score (nSPS) is 16.5. The number of Topliss-reactive ketones (excluding diaryl/α,β-unsaturated/α-hetero) is 9. The average Bonchev–Trinajstić information content (AvgIpc) is 1.56. The van der Waals surface area contributed by atoms with Crippen LogP contribution in [-0.4, -0.2) is 132 Å². The van der Waals surface area contributed by atoms with Gasteiger partial charge in [-0.1, -0.05) is 127 Å². The van der Waals surface area contributed by atoms with E-state index in [0.29, 0.717) is 23.4 Å². The Kier molecular flexibility index (Phi) is 18.6. The number of aliphatic hydroxyl groups is 8. The van der Waals surface area contributed by atoms with Crippen molar-refractivity contribution in [2.75, 3.05) is 0 Å². The molecule has 8 aromatic carbocycles. The number of aromatic nitrogens is 2. The number of pyridine rings is 2. The van der Waals surface area contributed by atoms with Gasteiger partial charge in [0.15, 0.2) is 5.78 Å². The maximum Gasteiger partial charge on any atom is 0.295 e. The van der Waals surface area contributed by atoms with E-state index in [1.807, 2.05) is 167 Å². The van der Waals surface area contributed by atoms with Crippen molar-refractivity contribution in [3.8, 4) is 49.6 Å². The molecule has 0 fully saturated rings. The third-order valence-electron chi connectivity index (χ3n) is 18.2. The molecule has 5 aliphatic carbocycles. The smallest absolute Gasteiger partial charge is 0.295 e. The summed E-state index contributed by atoms with van der Waals surface area (Å²) in [6.07, 6.45) is 3.46. The summed E-state index contributed by atoms with van der Waals surface area (Å²) in [7, 11) is 0. The zero-order valence-electron chi connectivity index (χ0n) is 54.6. The third kappa shape index (κ3) is 12.6. The number of carbonyl (C=O) groups excluding carboxylic acids is 10. The Balaban J connectivity index is 0.000000107. The molecule has 21 nitrogen and oxygen atoms in total. The second kappa shape index (κ2) is 27.8. The number of nitrogens with zero attached hydrogens (tertiary/aromatic N) is 2. The van der Waals surface area contributed by atoms with E-state index in [4.69, 9.17) is 4.74 Å². The fraction of sp³-hybridized carbons (Fsp3) is 0.0732. The molecule has 106 heavy (non-hydrogen) atoms. The van der Waals surface area contributed by atoms with Crippen molar-refractivity contribution in [1.29, 1.82) is 0 Å². The third-order valence-corrected chi connectivity index (χ3v) is 20.7. The molecule has 6 heterocycles. The average molecular weight is 1470 g/mol. The van der Waals surface area contributed by atoms with Gasteiger partial charge in [0.2, 0.25) is 52.0 Å². The molecule has 0 spiro atoms. The maximum atomic E-state index is 12.4. The van der Waals surface area contributed by atoms with Crippen molar-refractivity contribution < 1.29 is 93.5 Å². The minimum absolute atomic E-state index is 0.0506. The Labute approximate surface area is 611 Å². The Hall–Kier alpha value is -12.1. The van der Waals surface area contributed by atoms with Gasteiger partial charge in [-0.25, -0.2) is 0 Å². The Morgan fingerprint density at radius 2 is 0.821 bits per heavy atom. The van der Waals surface area contributed by atoms with E-state index in [-0.39, 0.29) is 62.2 Å². The van der Waals surface area contributed by atoms with Crippen LogP contribution in [0.25, 0.3) is 64.7 Å². The fourth-order valence-corrected chi connectivity index (χ4v) is 14.9. The summed E-state index contributed by atoms with van der Waals surface area (Å²) in [6.45, 7) is 0. The van der Waals surface area contributed by atoms with Gasteiger partial charge in [0.05, 0.1) is 12.0 Å². The summed E-state index contributed by atoms with van der Waals surface area (Å²) in [5, 5.41) is 85.9. The maximum absolute atomic E-state index is 12.4. The van der Waals surface area contributed by atoms with Gasteiger partial charge in [-0.3, -0.25) is 57.9 Å². The highest BCUT2D eigenvalue weighted by Gasteiger charge is 2.54. The zero-order chi connectivity index (χ0) is 74.7. The SMILES string of the molecule is O=C1CC(c2ccccc2)Oc2c1ccc1ccccc21.O=C1c2cc3ccsc3cc2C(=O)C1(O)O.O=C1c2ccc(-c3ccccc3)cc2C(=O)C1(O)O.O=C1c2ccc(-c3cccs3)cc2C(=O)C1(O)O.O=C1c2ccc(-c3ccsc3)cc2C(=O)C1(O)O.O=C1c2ncccc2-c2cccnc21. The highest BCUT2D eigenvalue weighted by atomic mass is 32.1. The molecule has 8 N–H and O–H groups in total. The second-order valence-corrected chi connectivity index (χ2v) is 27.4. The van der Waals surface area contributed by atoms with E-state index >= 15 is 0 Å². The Bertz CT molecular complexity index is 5630. The van der Waals surface area contributed by atoms with Crippen molar-refractivity contribution in [3.05, 3.63) is 313 Å². The Morgan fingerprint density at radius 1 is 0.349 bits per heavy atom. The molecule has 0 saturated heterocycles. The van der Waals surface area contributed by atoms with Crippen LogP contribution in [0.15, 0.2) is 246 Å². The fourth-order valence-electron chi connectivity index (χ4n) is 12.7. The molecule has 0 amide bonds. The number of rotatable bonds is 4. The van der Waals surface area contributed by atoms with Crippen molar-refractivity contribution in [1.82, 2.24) is 9.97 Å². The lowest BCUT2D eigenvalue weighted by molar-refractivity contribution is -0.0857. The summed E-state index contributed by atoms with van der Waals surface area (Å²) < 4.78 is 7.03. The molecule has 6 aliphatic rings. The Morgan fingerprint density at radius 3 is 1.35 bits per heavy atom. The molecule has 0 saturated carbocycles. The molecule has 0 bridgehead atoms. The predicted molar refractivity (Wildman–Crippen MR) is 390 cm³/mol. The van der Waals surface area contributed by atoms with Crippen LogP contribution in [-0.2, 0) is 0 Å². The lowest BCUT2D eigenvalue weighted by Gasteiger charge is -2.26. The monoisotopic (exact) mass is 1460 g/mol. The van der Waals surface area contributed by atoms with Gasteiger partial charge in [0.25, 0.3) is 23.1 Å². The molecule has 0 radical (unpaired) electrons. The molecule has 1 atom stereocenters. The van der Waals surface area contributed by atoms with Gasteiger partial charge in [-0.2, -0.15) is 11.3 Å². The number of benzene rings is 8. The van der Waals surface area contributed by atoms with Gasteiger partial charge >= 0.3 is 0 Å². The number of hydrogen-bond acceptors (Lipinski definition) is 24. The lowest BCUT2D eigenvalue weighted by Crippen LogP contribution is -2.40. The van der Waals surface area contributed by atoms with Crippen molar-refractivity contribution >= 4 is 113 Å². The van der Waals surface area contributed by atoms with Crippen molar-refractivity contribution in [3.63, 3.8) is 0 Å². The number of ether oxygens (including phenoxy) is 1. The standard InChI is InChI=1S/C19H14O2.C15H10O4.2C13H8O4S.C11H6N2O.C11H6O4S/c20-17-12-18(14-7-2-1-3-8-14)21-19-15-9-5-4-6-13(15)10-11-16(17)19;16-13-11-7-6-10(9-4-2-1-3-5-9)8-12(11)14(17)15(13,18)19;14-11-9-2-1-7(8-3-4-18-6-8)5-10(9)12(15)13(11,16)17;14-11-8-4-3-7(10-2-1-5-18-10)6-9(8)12(15)13(11,16)17;14-11-9-7(3-1-5-12-9)8-4-2-6-13-10(8)11;12-9-6-3-5-1-2-16-8(5)4-7(6)10(13)11(9,14)15/h1-11,18H,12H2;1-8,18-19H;2*1-6,16-17H;1-6H;1-4,14-15H. The van der Waals surface area contributed by atoms with E-state index in [2.05, 4.69) is 9.97 Å². The number of ketones is 10. The van der Waals surface area contributed by atoms with Crippen LogP contribution in [0.5, 0.6) is 5.75 Å². The lowest BCUT2D eigenvalue weighted by atomic mass is 9.94. The number of carbonyl (C=O) groups is 10. The van der Waals surface area contributed by atoms with Gasteiger partial charge in [-0.05, 0) is 151 Å².